The largest absolute Gasteiger partial charge is 0.316 e. The third kappa shape index (κ3) is 3.19. The van der Waals surface area contributed by atoms with E-state index < -0.39 is 0 Å². The van der Waals surface area contributed by atoms with Crippen molar-refractivity contribution in [2.45, 2.75) is 45.4 Å². The molecule has 0 radical (unpaired) electrons. The Morgan fingerprint density at radius 2 is 2.24 bits per heavy atom. The Labute approximate surface area is 135 Å². The predicted molar refractivity (Wildman–Crippen MR) is 88.8 cm³/mol. The van der Waals surface area contributed by atoms with Crippen LogP contribution in [0.1, 0.15) is 44.6 Å². The molecule has 0 aromatic heterocycles. The molecule has 1 nitrogen and oxygen atoms in total. The zero-order chi connectivity index (χ0) is 14.9. The van der Waals surface area contributed by atoms with Crippen LogP contribution in [0.4, 0.5) is 4.39 Å². The van der Waals surface area contributed by atoms with Crippen molar-refractivity contribution in [2.75, 3.05) is 13.1 Å². The number of benzene rings is 1. The van der Waals surface area contributed by atoms with Crippen LogP contribution in [0.25, 0.3) is 0 Å². The van der Waals surface area contributed by atoms with E-state index in [0.717, 1.165) is 35.8 Å². The number of fused-ring (bicyclic) bond motifs is 2. The first-order chi connectivity index (χ1) is 10.1. The maximum Gasteiger partial charge on any atom is 0.124 e. The molecule has 3 rings (SSSR count). The van der Waals surface area contributed by atoms with Crippen molar-refractivity contribution in [3.63, 3.8) is 0 Å². The molecule has 3 atom stereocenters. The van der Waals surface area contributed by atoms with Gasteiger partial charge in [-0.3, -0.25) is 0 Å². The van der Waals surface area contributed by atoms with Gasteiger partial charge in [0, 0.05) is 11.0 Å². The number of hydrogen-bond donors (Lipinski definition) is 1. The maximum atomic E-state index is 13.3. The molecule has 2 aliphatic carbocycles. The summed E-state index contributed by atoms with van der Waals surface area (Å²) in [6, 6.07) is 5.17. The van der Waals surface area contributed by atoms with E-state index in [0.29, 0.717) is 5.41 Å². The lowest BCUT2D eigenvalue weighted by atomic mass is 9.69. The van der Waals surface area contributed by atoms with Crippen molar-refractivity contribution in [1.82, 2.24) is 5.32 Å². The molecule has 0 heterocycles. The Balaban J connectivity index is 1.79. The highest BCUT2D eigenvalue weighted by atomic mass is 79.9. The fourth-order valence-electron chi connectivity index (χ4n) is 4.61. The van der Waals surface area contributed by atoms with E-state index in [1.807, 2.05) is 6.07 Å². The fraction of sp³-hybridized carbons (Fsp3) is 0.667. The Hall–Kier alpha value is -0.410. The summed E-state index contributed by atoms with van der Waals surface area (Å²) >= 11 is 3.55. The zero-order valence-corrected chi connectivity index (χ0v) is 14.4. The quantitative estimate of drug-likeness (QED) is 0.714. The van der Waals surface area contributed by atoms with Gasteiger partial charge in [-0.2, -0.15) is 0 Å². The topological polar surface area (TPSA) is 12.0 Å². The van der Waals surface area contributed by atoms with Gasteiger partial charge in [0.2, 0.25) is 0 Å². The third-order valence-corrected chi connectivity index (χ3v) is 6.30. The molecular weight excluding hydrogens is 329 g/mol. The smallest absolute Gasteiger partial charge is 0.124 e. The molecule has 2 saturated carbocycles. The Kier molecular flexibility index (Phi) is 4.70. The molecule has 0 spiro atoms. The Morgan fingerprint density at radius 1 is 1.38 bits per heavy atom. The fourth-order valence-corrected chi connectivity index (χ4v) is 5.10. The van der Waals surface area contributed by atoms with Crippen molar-refractivity contribution < 1.29 is 4.39 Å². The highest BCUT2D eigenvalue weighted by molar-refractivity contribution is 9.10. The van der Waals surface area contributed by atoms with Crippen LogP contribution in [0.3, 0.4) is 0 Å². The van der Waals surface area contributed by atoms with Gasteiger partial charge in [0.1, 0.15) is 5.82 Å². The Bertz CT molecular complexity index is 504. The minimum absolute atomic E-state index is 0.156. The van der Waals surface area contributed by atoms with Gasteiger partial charge in [0.05, 0.1) is 0 Å². The summed E-state index contributed by atoms with van der Waals surface area (Å²) in [7, 11) is 0. The number of halogens is 2. The minimum Gasteiger partial charge on any atom is -0.316 e. The molecule has 2 fully saturated rings. The van der Waals surface area contributed by atoms with Gasteiger partial charge in [0.15, 0.2) is 0 Å². The van der Waals surface area contributed by atoms with Crippen LogP contribution in [-0.4, -0.2) is 13.1 Å². The van der Waals surface area contributed by atoms with Crippen LogP contribution in [0.15, 0.2) is 22.7 Å². The Morgan fingerprint density at radius 3 is 2.86 bits per heavy atom. The molecule has 0 aliphatic heterocycles. The molecule has 3 unspecified atom stereocenters. The molecule has 2 bridgehead atoms. The van der Waals surface area contributed by atoms with Gasteiger partial charge in [-0.15, -0.1) is 0 Å². The number of hydrogen-bond acceptors (Lipinski definition) is 1. The van der Waals surface area contributed by atoms with Crippen molar-refractivity contribution in [1.29, 1.82) is 0 Å². The van der Waals surface area contributed by atoms with Gasteiger partial charge in [0.25, 0.3) is 0 Å². The van der Waals surface area contributed by atoms with Crippen LogP contribution in [0.2, 0.25) is 0 Å². The first-order valence-corrected chi connectivity index (χ1v) is 9.07. The van der Waals surface area contributed by atoms with Gasteiger partial charge in [-0.1, -0.05) is 35.3 Å². The number of nitrogens with one attached hydrogen (secondary N) is 1. The van der Waals surface area contributed by atoms with E-state index in [1.54, 1.807) is 12.1 Å². The molecule has 21 heavy (non-hydrogen) atoms. The van der Waals surface area contributed by atoms with Crippen molar-refractivity contribution in [2.24, 2.45) is 17.3 Å². The zero-order valence-electron chi connectivity index (χ0n) is 12.8. The average Bonchev–Trinajstić information content (AvgIpc) is 3.03. The molecule has 1 aromatic rings. The predicted octanol–water partition coefficient (Wildman–Crippen LogP) is 4.94. The summed E-state index contributed by atoms with van der Waals surface area (Å²) in [6.45, 7) is 4.44. The van der Waals surface area contributed by atoms with E-state index in [1.165, 1.54) is 37.7 Å². The highest BCUT2D eigenvalue weighted by Crippen LogP contribution is 2.57. The minimum atomic E-state index is -0.156. The average molecular weight is 354 g/mol. The monoisotopic (exact) mass is 353 g/mol. The summed E-state index contributed by atoms with van der Waals surface area (Å²) in [5.41, 5.74) is 1.65. The summed E-state index contributed by atoms with van der Waals surface area (Å²) in [5.74, 6) is 1.62. The van der Waals surface area contributed by atoms with Crippen LogP contribution in [0.5, 0.6) is 0 Å². The standard InChI is InChI=1S/C18H25BrFN/c1-2-7-21-12-18(10-13-3-5-15(18)8-13)11-14-4-6-16(20)9-17(14)19/h4,6,9,13,15,21H,2-3,5,7-8,10-12H2,1H3. The molecule has 116 valence electrons. The summed E-state index contributed by atoms with van der Waals surface area (Å²) in [6.07, 6.45) is 7.82. The molecule has 0 saturated heterocycles. The second-order valence-electron chi connectivity index (χ2n) is 7.03. The van der Waals surface area contributed by atoms with E-state index in [9.17, 15) is 4.39 Å². The lowest BCUT2D eigenvalue weighted by Crippen LogP contribution is -2.40. The summed E-state index contributed by atoms with van der Waals surface area (Å²) in [4.78, 5) is 0. The lowest BCUT2D eigenvalue weighted by Gasteiger charge is -2.39. The van der Waals surface area contributed by atoms with Gasteiger partial charge >= 0.3 is 0 Å². The second kappa shape index (κ2) is 6.37. The summed E-state index contributed by atoms with van der Waals surface area (Å²) < 4.78 is 14.2. The molecule has 3 heteroatoms. The first kappa shape index (κ1) is 15.5. The van der Waals surface area contributed by atoms with E-state index in [2.05, 4.69) is 28.2 Å². The van der Waals surface area contributed by atoms with Crippen molar-refractivity contribution >= 4 is 15.9 Å². The number of rotatable bonds is 6. The molecule has 1 N–H and O–H groups in total. The van der Waals surface area contributed by atoms with Crippen molar-refractivity contribution in [3.05, 3.63) is 34.1 Å². The third-order valence-electron chi connectivity index (χ3n) is 5.56. The summed E-state index contributed by atoms with van der Waals surface area (Å²) in [5, 5.41) is 3.66. The van der Waals surface area contributed by atoms with Crippen LogP contribution < -0.4 is 5.32 Å². The highest BCUT2D eigenvalue weighted by Gasteiger charge is 2.50. The van der Waals surface area contributed by atoms with E-state index in [-0.39, 0.29) is 5.82 Å². The molecule has 2 aliphatic rings. The van der Waals surface area contributed by atoms with Crippen LogP contribution in [-0.2, 0) is 6.42 Å². The second-order valence-corrected chi connectivity index (χ2v) is 7.89. The first-order valence-electron chi connectivity index (χ1n) is 8.27. The van der Waals surface area contributed by atoms with Gasteiger partial charge in [-0.25, -0.2) is 4.39 Å². The van der Waals surface area contributed by atoms with Gasteiger partial charge < -0.3 is 5.32 Å². The molecular formula is C18H25BrFN. The SMILES string of the molecule is CCCNCC1(Cc2ccc(F)cc2Br)CC2CCC1C2. The lowest BCUT2D eigenvalue weighted by molar-refractivity contribution is 0.156. The normalized spacial score (nSPS) is 31.0. The van der Waals surface area contributed by atoms with Gasteiger partial charge in [-0.05, 0) is 73.6 Å². The van der Waals surface area contributed by atoms with E-state index in [4.69, 9.17) is 0 Å². The van der Waals surface area contributed by atoms with Crippen LogP contribution in [0, 0.1) is 23.1 Å². The van der Waals surface area contributed by atoms with E-state index >= 15 is 0 Å². The molecule has 0 amide bonds. The maximum absolute atomic E-state index is 13.3. The van der Waals surface area contributed by atoms with Crippen LogP contribution >= 0.6 is 15.9 Å². The molecule has 1 aromatic carbocycles. The van der Waals surface area contributed by atoms with Crippen molar-refractivity contribution in [3.8, 4) is 0 Å².